The fraction of sp³-hybridized carbons (Fsp3) is 0.750. The lowest BCUT2D eigenvalue weighted by atomic mass is 9.69. The van der Waals surface area contributed by atoms with Gasteiger partial charge in [0.15, 0.2) is 11.6 Å². The summed E-state index contributed by atoms with van der Waals surface area (Å²) >= 11 is 0. The molecule has 3 aliphatic rings. The number of piperidine rings is 1. The first kappa shape index (κ1) is 12.9. The predicted molar refractivity (Wildman–Crippen MR) is 73.6 cm³/mol. The van der Waals surface area contributed by atoms with Crippen molar-refractivity contribution in [2.24, 2.45) is 11.3 Å². The molecule has 0 saturated carbocycles. The number of Topliss-reactive ketones (excluding diaryl/α,β-unsaturated/α-hetero) is 2. The smallest absolute Gasteiger partial charge is 0.173 e. The molecule has 0 radical (unpaired) electrons. The Kier molecular flexibility index (Phi) is 2.84. The minimum Gasteiger partial charge on any atom is -0.370 e. The lowest BCUT2D eigenvalue weighted by Gasteiger charge is -2.49. The Bertz CT molecular complexity index is 475. The maximum atomic E-state index is 12.5. The van der Waals surface area contributed by atoms with E-state index in [1.165, 1.54) is 12.8 Å². The summed E-state index contributed by atoms with van der Waals surface area (Å²) in [5, 5.41) is 0. The van der Waals surface area contributed by atoms with Crippen molar-refractivity contribution >= 4 is 11.6 Å². The van der Waals surface area contributed by atoms with Gasteiger partial charge in [-0.25, -0.2) is 0 Å². The number of hydrogen-bond donors (Lipinski definition) is 0. The van der Waals surface area contributed by atoms with Crippen molar-refractivity contribution in [1.82, 2.24) is 4.90 Å². The summed E-state index contributed by atoms with van der Waals surface area (Å²) in [5.74, 6) is 0.176. The van der Waals surface area contributed by atoms with Crippen LogP contribution in [0.4, 0.5) is 0 Å². The third-order valence-corrected chi connectivity index (χ3v) is 4.99. The van der Waals surface area contributed by atoms with Gasteiger partial charge in [-0.1, -0.05) is 20.8 Å². The first-order valence-electron chi connectivity index (χ1n) is 7.48. The van der Waals surface area contributed by atoms with E-state index in [1.807, 2.05) is 6.92 Å². The van der Waals surface area contributed by atoms with Crippen molar-refractivity contribution in [3.63, 3.8) is 0 Å². The highest BCUT2D eigenvalue weighted by Gasteiger charge is 2.46. The molecule has 3 rings (SSSR count). The van der Waals surface area contributed by atoms with Gasteiger partial charge in [-0.2, -0.15) is 0 Å². The number of allylic oxidation sites excluding steroid dienone is 2. The number of ketones is 2. The summed E-state index contributed by atoms with van der Waals surface area (Å²) < 4.78 is 0. The molecule has 0 unspecified atom stereocenters. The number of carbonyl (C=O) groups is 2. The molecule has 104 valence electrons. The SMILES string of the molecule is C[C@@H]1C(=O)C2=C(CC(C)(C)CC2=O)N2CCCC[C@H]12. The third kappa shape index (κ3) is 1.94. The lowest BCUT2D eigenvalue weighted by Crippen LogP contribution is -2.53. The van der Waals surface area contributed by atoms with Crippen LogP contribution in [0.1, 0.15) is 52.9 Å². The summed E-state index contributed by atoms with van der Waals surface area (Å²) in [5.41, 5.74) is 1.61. The average Bonchev–Trinajstić information content (AvgIpc) is 2.34. The zero-order valence-electron chi connectivity index (χ0n) is 12.2. The van der Waals surface area contributed by atoms with Crippen LogP contribution in [0.25, 0.3) is 0 Å². The van der Waals surface area contributed by atoms with Gasteiger partial charge in [-0.3, -0.25) is 9.59 Å². The van der Waals surface area contributed by atoms with E-state index in [0.717, 1.165) is 25.1 Å². The topological polar surface area (TPSA) is 37.4 Å². The quantitative estimate of drug-likeness (QED) is 0.629. The molecule has 0 spiro atoms. The Labute approximate surface area is 115 Å². The fourth-order valence-corrected chi connectivity index (χ4v) is 4.03. The second-order valence-corrected chi connectivity index (χ2v) is 7.17. The van der Waals surface area contributed by atoms with Crippen LogP contribution in [0.15, 0.2) is 11.3 Å². The Morgan fingerprint density at radius 2 is 1.89 bits per heavy atom. The molecule has 3 nitrogen and oxygen atoms in total. The van der Waals surface area contributed by atoms with Crippen molar-refractivity contribution < 1.29 is 9.59 Å². The summed E-state index contributed by atoms with van der Waals surface area (Å²) in [4.78, 5) is 27.3. The number of hydrogen-bond acceptors (Lipinski definition) is 3. The van der Waals surface area contributed by atoms with E-state index in [9.17, 15) is 9.59 Å². The maximum Gasteiger partial charge on any atom is 0.173 e. The van der Waals surface area contributed by atoms with Crippen LogP contribution >= 0.6 is 0 Å². The molecule has 2 heterocycles. The normalized spacial score (nSPS) is 34.2. The Balaban J connectivity index is 2.08. The first-order valence-corrected chi connectivity index (χ1v) is 7.48. The number of nitrogens with zero attached hydrogens (tertiary/aromatic N) is 1. The van der Waals surface area contributed by atoms with E-state index < -0.39 is 0 Å². The van der Waals surface area contributed by atoms with Crippen LogP contribution < -0.4 is 0 Å². The largest absolute Gasteiger partial charge is 0.370 e. The highest BCUT2D eigenvalue weighted by atomic mass is 16.2. The summed E-state index contributed by atoms with van der Waals surface area (Å²) in [6.07, 6.45) is 4.88. The van der Waals surface area contributed by atoms with Crippen LogP contribution in [0.5, 0.6) is 0 Å². The van der Waals surface area contributed by atoms with Gasteiger partial charge in [-0.15, -0.1) is 0 Å². The van der Waals surface area contributed by atoms with Crippen molar-refractivity contribution in [2.75, 3.05) is 6.54 Å². The van der Waals surface area contributed by atoms with Crippen LogP contribution in [0.2, 0.25) is 0 Å². The summed E-state index contributed by atoms with van der Waals surface area (Å²) in [6, 6.07) is 0.335. The van der Waals surface area contributed by atoms with Crippen LogP contribution in [0, 0.1) is 11.3 Å². The van der Waals surface area contributed by atoms with E-state index in [0.29, 0.717) is 18.0 Å². The van der Waals surface area contributed by atoms with Gasteiger partial charge in [0, 0.05) is 30.6 Å². The van der Waals surface area contributed by atoms with Crippen molar-refractivity contribution in [2.45, 2.75) is 58.9 Å². The lowest BCUT2D eigenvalue weighted by molar-refractivity contribution is -0.128. The van der Waals surface area contributed by atoms with E-state index >= 15 is 0 Å². The Morgan fingerprint density at radius 3 is 2.63 bits per heavy atom. The van der Waals surface area contributed by atoms with Crippen molar-refractivity contribution in [3.05, 3.63) is 11.3 Å². The number of carbonyl (C=O) groups excluding carboxylic acids is 2. The van der Waals surface area contributed by atoms with Crippen LogP contribution in [-0.2, 0) is 9.59 Å². The molecule has 0 amide bonds. The summed E-state index contributed by atoms with van der Waals surface area (Å²) in [7, 11) is 0. The molecule has 2 atom stereocenters. The summed E-state index contributed by atoms with van der Waals surface area (Å²) in [6.45, 7) is 7.29. The van der Waals surface area contributed by atoms with Gasteiger partial charge in [-0.05, 0) is 31.1 Å². The highest BCUT2D eigenvalue weighted by molar-refractivity contribution is 6.22. The van der Waals surface area contributed by atoms with Gasteiger partial charge in [0.1, 0.15) is 0 Å². The van der Waals surface area contributed by atoms with Crippen LogP contribution in [0.3, 0.4) is 0 Å². The molecule has 0 aromatic rings. The van der Waals surface area contributed by atoms with Gasteiger partial charge in [0.25, 0.3) is 0 Å². The van der Waals surface area contributed by atoms with Gasteiger partial charge >= 0.3 is 0 Å². The molecule has 0 N–H and O–H groups in total. The Hall–Kier alpha value is -1.12. The fourth-order valence-electron chi connectivity index (χ4n) is 4.03. The molecule has 3 heteroatoms. The maximum absolute atomic E-state index is 12.5. The first-order chi connectivity index (χ1) is 8.91. The second-order valence-electron chi connectivity index (χ2n) is 7.17. The molecule has 0 aromatic carbocycles. The minimum atomic E-state index is -0.00999. The average molecular weight is 261 g/mol. The molecule has 19 heavy (non-hydrogen) atoms. The zero-order chi connectivity index (χ0) is 13.8. The molecule has 2 aliphatic heterocycles. The van der Waals surface area contributed by atoms with E-state index in [4.69, 9.17) is 0 Å². The Morgan fingerprint density at radius 1 is 1.16 bits per heavy atom. The minimum absolute atomic E-state index is 0.00122. The molecule has 0 aromatic heterocycles. The van der Waals surface area contributed by atoms with Crippen molar-refractivity contribution in [3.8, 4) is 0 Å². The van der Waals surface area contributed by atoms with E-state index in [1.54, 1.807) is 0 Å². The third-order valence-electron chi connectivity index (χ3n) is 4.99. The molecular formula is C16H23NO2. The predicted octanol–water partition coefficient (Wildman–Crippen LogP) is 2.70. The molecule has 1 aliphatic carbocycles. The van der Waals surface area contributed by atoms with Crippen molar-refractivity contribution in [1.29, 1.82) is 0 Å². The second kappa shape index (κ2) is 4.19. The number of fused-ring (bicyclic) bond motifs is 2. The molecular weight excluding hydrogens is 238 g/mol. The zero-order valence-corrected chi connectivity index (χ0v) is 12.2. The van der Waals surface area contributed by atoms with Gasteiger partial charge in [0.05, 0.1) is 5.57 Å². The molecule has 0 bridgehead atoms. The van der Waals surface area contributed by atoms with E-state index in [2.05, 4.69) is 18.7 Å². The molecule has 1 saturated heterocycles. The van der Waals surface area contributed by atoms with Crippen LogP contribution in [-0.4, -0.2) is 29.1 Å². The highest BCUT2D eigenvalue weighted by Crippen LogP contribution is 2.45. The number of rotatable bonds is 0. The van der Waals surface area contributed by atoms with Gasteiger partial charge < -0.3 is 4.90 Å². The molecule has 1 fully saturated rings. The van der Waals surface area contributed by atoms with E-state index in [-0.39, 0.29) is 22.9 Å². The van der Waals surface area contributed by atoms with Gasteiger partial charge in [0.2, 0.25) is 0 Å². The standard InChI is InChI=1S/C16H23NO2/c1-10-11-6-4-5-7-17(11)12-8-16(2,3)9-13(18)14(12)15(10)19/h10-11H,4-9H2,1-3H3/t10-,11+/m0/s1. The monoisotopic (exact) mass is 261 g/mol.